The minimum Gasteiger partial charge on any atom is -0.437 e. The fraction of sp³-hybridized carbons (Fsp3) is 0.923. The molecule has 2 N–H and O–H groups in total. The Morgan fingerprint density at radius 1 is 1.33 bits per heavy atom. The summed E-state index contributed by atoms with van der Waals surface area (Å²) in [5, 5.41) is 18.1. The van der Waals surface area contributed by atoms with Crippen molar-refractivity contribution < 1.29 is 14.9 Å². The van der Waals surface area contributed by atoms with Gasteiger partial charge in [0.25, 0.3) is 0 Å². The quantitative estimate of drug-likeness (QED) is 0.587. The van der Waals surface area contributed by atoms with Gasteiger partial charge in [-0.2, -0.15) is 0 Å². The van der Waals surface area contributed by atoms with Gasteiger partial charge in [-0.15, -0.1) is 0 Å². The lowest BCUT2D eigenvalue weighted by Gasteiger charge is -2.14. The molecule has 0 spiro atoms. The number of hydrogen-bond donors (Lipinski definition) is 2. The Morgan fingerprint density at radius 3 is 2.22 bits per heavy atom. The van der Waals surface area contributed by atoms with Crippen LogP contribution in [0.25, 0.3) is 0 Å². The van der Waals surface area contributed by atoms with E-state index in [1.165, 1.54) is 25.7 Å². The van der Waals surface area contributed by atoms with E-state index in [0.717, 1.165) is 25.8 Å². The molecule has 18 heavy (non-hydrogen) atoms. The highest BCUT2D eigenvalue weighted by molar-refractivity contribution is 6.45. The summed E-state index contributed by atoms with van der Waals surface area (Å²) in [6.45, 7) is 5.20. The number of hydrogen-bond acceptors (Lipinski definition) is 4. The zero-order valence-corrected chi connectivity index (χ0v) is 11.6. The van der Waals surface area contributed by atoms with E-state index in [4.69, 9.17) is 10.1 Å². The Hall–Kier alpha value is -0.385. The molecule has 2 fully saturated rings. The SMILES string of the molecule is CB(O)N1CCC(C=O)C1.CC(O)C1CCCC1. The molecule has 0 aromatic heterocycles. The van der Waals surface area contributed by atoms with Crippen molar-refractivity contribution in [1.82, 2.24) is 4.81 Å². The Bertz CT molecular complexity index is 242. The molecule has 1 saturated carbocycles. The molecule has 4 nitrogen and oxygen atoms in total. The fourth-order valence-electron chi connectivity index (χ4n) is 2.71. The molecule has 0 aromatic rings. The molecule has 2 rings (SSSR count). The monoisotopic (exact) mass is 255 g/mol. The van der Waals surface area contributed by atoms with Crippen molar-refractivity contribution in [2.24, 2.45) is 11.8 Å². The van der Waals surface area contributed by atoms with Gasteiger partial charge >= 0.3 is 7.05 Å². The normalized spacial score (nSPS) is 26.6. The molecule has 0 radical (unpaired) electrons. The third kappa shape index (κ3) is 5.08. The van der Waals surface area contributed by atoms with Crippen molar-refractivity contribution in [3.05, 3.63) is 0 Å². The lowest BCUT2D eigenvalue weighted by atomic mass is 9.86. The van der Waals surface area contributed by atoms with Crippen LogP contribution >= 0.6 is 0 Å². The van der Waals surface area contributed by atoms with E-state index in [1.54, 1.807) is 6.82 Å². The first kappa shape index (κ1) is 15.7. The van der Waals surface area contributed by atoms with Crippen LogP contribution in [-0.4, -0.2) is 47.5 Å². The molecule has 1 aliphatic heterocycles. The van der Waals surface area contributed by atoms with Gasteiger partial charge in [-0.05, 0) is 52.0 Å². The van der Waals surface area contributed by atoms with E-state index in [-0.39, 0.29) is 12.0 Å². The zero-order valence-electron chi connectivity index (χ0n) is 11.6. The fourth-order valence-corrected chi connectivity index (χ4v) is 2.71. The Balaban J connectivity index is 0.000000184. The van der Waals surface area contributed by atoms with Gasteiger partial charge < -0.3 is 19.7 Å². The molecule has 2 aliphatic rings. The topological polar surface area (TPSA) is 60.8 Å². The lowest BCUT2D eigenvalue weighted by Crippen LogP contribution is -2.34. The molecule has 1 aliphatic carbocycles. The summed E-state index contributed by atoms with van der Waals surface area (Å²) in [4.78, 5) is 12.2. The number of carbonyl (C=O) groups excluding carboxylic acids is 1. The highest BCUT2D eigenvalue weighted by atomic mass is 16.3. The lowest BCUT2D eigenvalue weighted by molar-refractivity contribution is -0.110. The Morgan fingerprint density at radius 2 is 1.94 bits per heavy atom. The highest BCUT2D eigenvalue weighted by Crippen LogP contribution is 2.27. The average Bonchev–Trinajstić information content (AvgIpc) is 3.01. The van der Waals surface area contributed by atoms with Crippen LogP contribution in [0.15, 0.2) is 0 Å². The van der Waals surface area contributed by atoms with E-state index in [0.29, 0.717) is 5.92 Å². The van der Waals surface area contributed by atoms with Gasteiger partial charge in [0.15, 0.2) is 0 Å². The predicted octanol–water partition coefficient (Wildman–Crippen LogP) is 1.17. The van der Waals surface area contributed by atoms with Crippen LogP contribution in [0, 0.1) is 11.8 Å². The first-order valence-electron chi connectivity index (χ1n) is 7.10. The summed E-state index contributed by atoms with van der Waals surface area (Å²) in [6.07, 6.45) is 6.97. The summed E-state index contributed by atoms with van der Waals surface area (Å²) < 4.78 is 0. The van der Waals surface area contributed by atoms with E-state index >= 15 is 0 Å². The van der Waals surface area contributed by atoms with Gasteiger partial charge in [-0.25, -0.2) is 0 Å². The second-order valence-corrected chi connectivity index (χ2v) is 5.60. The number of nitrogens with zero attached hydrogens (tertiary/aromatic N) is 1. The summed E-state index contributed by atoms with van der Waals surface area (Å²) in [5.74, 6) is 0.768. The average molecular weight is 255 g/mol. The van der Waals surface area contributed by atoms with Crippen LogP contribution in [0.5, 0.6) is 0 Å². The second-order valence-electron chi connectivity index (χ2n) is 5.60. The maximum atomic E-state index is 10.3. The van der Waals surface area contributed by atoms with Gasteiger partial charge in [0, 0.05) is 5.92 Å². The first-order valence-corrected chi connectivity index (χ1v) is 7.10. The van der Waals surface area contributed by atoms with Crippen LogP contribution in [0.1, 0.15) is 39.0 Å². The van der Waals surface area contributed by atoms with Crippen molar-refractivity contribution in [1.29, 1.82) is 0 Å². The largest absolute Gasteiger partial charge is 0.437 e. The molecule has 2 unspecified atom stereocenters. The zero-order chi connectivity index (χ0) is 13.5. The maximum absolute atomic E-state index is 10.3. The second kappa shape index (κ2) is 7.92. The third-order valence-electron chi connectivity index (χ3n) is 4.06. The summed E-state index contributed by atoms with van der Waals surface area (Å²) in [6, 6.07) is 0. The molecular weight excluding hydrogens is 229 g/mol. The summed E-state index contributed by atoms with van der Waals surface area (Å²) >= 11 is 0. The molecule has 2 atom stereocenters. The minimum atomic E-state index is -0.398. The molecule has 0 aromatic carbocycles. The Labute approximate surface area is 111 Å². The number of aliphatic hydroxyl groups excluding tert-OH is 1. The van der Waals surface area contributed by atoms with Crippen LogP contribution in [0.3, 0.4) is 0 Å². The van der Waals surface area contributed by atoms with E-state index in [1.807, 2.05) is 11.7 Å². The molecule has 1 saturated heterocycles. The van der Waals surface area contributed by atoms with Crippen molar-refractivity contribution in [2.45, 2.75) is 52.0 Å². The van der Waals surface area contributed by atoms with Crippen molar-refractivity contribution in [3.8, 4) is 0 Å². The van der Waals surface area contributed by atoms with Crippen LogP contribution < -0.4 is 0 Å². The molecule has 5 heteroatoms. The van der Waals surface area contributed by atoms with E-state index in [2.05, 4.69) is 0 Å². The first-order chi connectivity index (χ1) is 8.54. The predicted molar refractivity (Wildman–Crippen MR) is 73.2 cm³/mol. The number of carbonyl (C=O) groups is 1. The molecule has 0 bridgehead atoms. The standard InChI is InChI=1S/C7H14O.C6H12BNO2/c1-6(8)7-4-2-3-5-7;1-7(10)8-3-2-6(4-8)5-9/h6-8H,2-5H2,1H3;5-6,10H,2-4H2,1H3. The molecule has 104 valence electrons. The smallest absolute Gasteiger partial charge is 0.376 e. The maximum Gasteiger partial charge on any atom is 0.376 e. The minimum absolute atomic E-state index is 0.0579. The molecule has 1 heterocycles. The molecular formula is C13H26BNO3. The Kier molecular flexibility index (Phi) is 6.90. The van der Waals surface area contributed by atoms with E-state index < -0.39 is 7.05 Å². The van der Waals surface area contributed by atoms with Crippen LogP contribution in [0.2, 0.25) is 6.82 Å². The van der Waals surface area contributed by atoms with Gasteiger partial charge in [0.1, 0.15) is 6.29 Å². The van der Waals surface area contributed by atoms with Gasteiger partial charge in [-0.1, -0.05) is 12.8 Å². The summed E-state index contributed by atoms with van der Waals surface area (Å²) in [7, 11) is -0.398. The van der Waals surface area contributed by atoms with Gasteiger partial charge in [0.05, 0.1) is 6.10 Å². The number of rotatable bonds is 3. The van der Waals surface area contributed by atoms with Crippen LogP contribution in [0.4, 0.5) is 0 Å². The van der Waals surface area contributed by atoms with Crippen LogP contribution in [-0.2, 0) is 4.79 Å². The van der Waals surface area contributed by atoms with Gasteiger partial charge in [0.2, 0.25) is 0 Å². The van der Waals surface area contributed by atoms with Crippen molar-refractivity contribution in [3.63, 3.8) is 0 Å². The van der Waals surface area contributed by atoms with E-state index in [9.17, 15) is 4.79 Å². The number of aliphatic hydroxyl groups is 1. The number of aldehydes is 1. The van der Waals surface area contributed by atoms with Crippen molar-refractivity contribution >= 4 is 13.3 Å². The highest BCUT2D eigenvalue weighted by Gasteiger charge is 2.26. The van der Waals surface area contributed by atoms with Crippen molar-refractivity contribution in [2.75, 3.05) is 13.1 Å². The summed E-state index contributed by atoms with van der Waals surface area (Å²) in [5.41, 5.74) is 0. The third-order valence-corrected chi connectivity index (χ3v) is 4.06. The van der Waals surface area contributed by atoms with Gasteiger partial charge in [-0.3, -0.25) is 0 Å². The molecule has 0 amide bonds.